The van der Waals surface area contributed by atoms with Gasteiger partial charge in [0.1, 0.15) is 0 Å². The average Bonchev–Trinajstić information content (AvgIpc) is 2.49. The van der Waals surface area contributed by atoms with Gasteiger partial charge in [0.2, 0.25) is 0 Å². The van der Waals surface area contributed by atoms with E-state index in [9.17, 15) is 0 Å². The van der Waals surface area contributed by atoms with Gasteiger partial charge in [-0.2, -0.15) is 0 Å². The Morgan fingerprint density at radius 2 is 1.95 bits per heavy atom. The molecule has 1 heterocycles. The molecule has 112 valence electrons. The van der Waals surface area contributed by atoms with Crippen molar-refractivity contribution >= 4 is 0 Å². The Bertz CT molecular complexity index is 250. The molecule has 1 saturated carbocycles. The monoisotopic (exact) mass is 269 g/mol. The fourth-order valence-electron chi connectivity index (χ4n) is 3.71. The summed E-state index contributed by atoms with van der Waals surface area (Å²) in [5, 5.41) is 0. The highest BCUT2D eigenvalue weighted by Crippen LogP contribution is 2.26. The van der Waals surface area contributed by atoms with E-state index in [0.717, 1.165) is 12.6 Å². The quantitative estimate of drug-likeness (QED) is 0.817. The van der Waals surface area contributed by atoms with Crippen LogP contribution in [0.15, 0.2) is 0 Å². The molecule has 0 aromatic carbocycles. The van der Waals surface area contributed by atoms with Gasteiger partial charge in [0.05, 0.1) is 6.10 Å². The molecule has 4 nitrogen and oxygen atoms in total. The van der Waals surface area contributed by atoms with Crippen LogP contribution in [-0.4, -0.2) is 67.8 Å². The van der Waals surface area contributed by atoms with Crippen LogP contribution in [-0.2, 0) is 4.74 Å². The van der Waals surface area contributed by atoms with Crippen molar-refractivity contribution in [3.05, 3.63) is 0 Å². The first-order valence-corrected chi connectivity index (χ1v) is 7.99. The van der Waals surface area contributed by atoms with E-state index < -0.39 is 0 Å². The molecule has 3 unspecified atom stereocenters. The Hall–Kier alpha value is -0.160. The van der Waals surface area contributed by atoms with Crippen molar-refractivity contribution in [3.8, 4) is 0 Å². The molecule has 3 atom stereocenters. The van der Waals surface area contributed by atoms with Crippen molar-refractivity contribution in [1.29, 1.82) is 0 Å². The Balaban J connectivity index is 1.79. The maximum atomic E-state index is 5.86. The molecule has 19 heavy (non-hydrogen) atoms. The van der Waals surface area contributed by atoms with Crippen molar-refractivity contribution in [2.45, 2.75) is 57.2 Å². The number of nitrogens with two attached hydrogens (primary N) is 1. The van der Waals surface area contributed by atoms with Gasteiger partial charge in [0, 0.05) is 51.9 Å². The summed E-state index contributed by atoms with van der Waals surface area (Å²) in [6.45, 7) is 7.82. The molecule has 0 amide bonds. The first-order valence-electron chi connectivity index (χ1n) is 7.99. The predicted octanol–water partition coefficient (Wildman–Crippen LogP) is 1.30. The lowest BCUT2D eigenvalue weighted by Gasteiger charge is -2.44. The smallest absolute Gasteiger partial charge is 0.0586 e. The number of rotatable bonds is 5. The minimum Gasteiger partial charge on any atom is -0.381 e. The topological polar surface area (TPSA) is 41.7 Å². The van der Waals surface area contributed by atoms with E-state index in [4.69, 9.17) is 10.5 Å². The maximum Gasteiger partial charge on any atom is 0.0586 e. The number of hydrogen-bond acceptors (Lipinski definition) is 4. The van der Waals surface area contributed by atoms with Crippen molar-refractivity contribution in [3.63, 3.8) is 0 Å². The van der Waals surface area contributed by atoms with Crippen molar-refractivity contribution < 1.29 is 4.74 Å². The summed E-state index contributed by atoms with van der Waals surface area (Å²) in [7, 11) is 1.86. The molecule has 2 fully saturated rings. The number of hydrogen-bond donors (Lipinski definition) is 1. The Morgan fingerprint density at radius 3 is 2.53 bits per heavy atom. The number of ether oxygens (including phenoxy) is 1. The summed E-state index contributed by atoms with van der Waals surface area (Å²) < 4.78 is 5.55. The van der Waals surface area contributed by atoms with Crippen LogP contribution in [0.4, 0.5) is 0 Å². The van der Waals surface area contributed by atoms with Crippen LogP contribution in [0.1, 0.15) is 39.0 Å². The second-order valence-corrected chi connectivity index (χ2v) is 6.05. The molecule has 0 bridgehead atoms. The number of nitrogens with zero attached hydrogens (tertiary/aromatic N) is 2. The Kier molecular flexibility index (Phi) is 6.07. The van der Waals surface area contributed by atoms with Gasteiger partial charge in [-0.05, 0) is 32.1 Å². The standard InChI is InChI=1S/C15H31N3O/c1-3-13(12-16)17-7-9-18(10-8-17)14-5-4-6-15(11-14)19-2/h13-15H,3-12,16H2,1-2H3. The van der Waals surface area contributed by atoms with Crippen LogP contribution >= 0.6 is 0 Å². The largest absolute Gasteiger partial charge is 0.381 e. The minimum atomic E-state index is 0.490. The molecule has 1 saturated heterocycles. The van der Waals surface area contributed by atoms with Crippen molar-refractivity contribution in [2.24, 2.45) is 5.73 Å². The molecular weight excluding hydrogens is 238 g/mol. The summed E-state index contributed by atoms with van der Waals surface area (Å²) >= 11 is 0. The fourth-order valence-corrected chi connectivity index (χ4v) is 3.71. The molecule has 1 aliphatic carbocycles. The van der Waals surface area contributed by atoms with E-state index in [1.807, 2.05) is 7.11 Å². The number of methoxy groups -OCH3 is 1. The first-order chi connectivity index (χ1) is 9.28. The lowest BCUT2D eigenvalue weighted by atomic mass is 9.91. The van der Waals surface area contributed by atoms with E-state index in [-0.39, 0.29) is 0 Å². The lowest BCUT2D eigenvalue weighted by Crippen LogP contribution is -2.55. The molecule has 2 rings (SSSR count). The third-order valence-electron chi connectivity index (χ3n) is 5.06. The molecule has 0 spiro atoms. The van der Waals surface area contributed by atoms with Crippen LogP contribution < -0.4 is 5.73 Å². The van der Waals surface area contributed by atoms with E-state index >= 15 is 0 Å². The lowest BCUT2D eigenvalue weighted by molar-refractivity contribution is 0.00569. The molecule has 2 N–H and O–H groups in total. The van der Waals surface area contributed by atoms with E-state index in [0.29, 0.717) is 12.1 Å². The Labute approximate surface area is 118 Å². The molecular formula is C15H31N3O. The van der Waals surface area contributed by atoms with Gasteiger partial charge in [-0.3, -0.25) is 9.80 Å². The highest BCUT2D eigenvalue weighted by Gasteiger charge is 2.30. The normalized spacial score (nSPS) is 32.4. The van der Waals surface area contributed by atoms with Crippen molar-refractivity contribution in [2.75, 3.05) is 39.8 Å². The molecule has 0 aromatic rings. The maximum absolute atomic E-state index is 5.86. The molecule has 2 aliphatic rings. The van der Waals surface area contributed by atoms with Gasteiger partial charge in [-0.15, -0.1) is 0 Å². The van der Waals surface area contributed by atoms with Gasteiger partial charge in [-0.1, -0.05) is 6.92 Å². The van der Waals surface area contributed by atoms with E-state index in [1.165, 1.54) is 58.3 Å². The fraction of sp³-hybridized carbons (Fsp3) is 1.00. The first kappa shape index (κ1) is 15.2. The zero-order chi connectivity index (χ0) is 13.7. The van der Waals surface area contributed by atoms with Gasteiger partial charge in [-0.25, -0.2) is 0 Å². The molecule has 0 aromatic heterocycles. The molecule has 0 radical (unpaired) electrons. The second kappa shape index (κ2) is 7.58. The number of piperazine rings is 1. The van der Waals surface area contributed by atoms with E-state index in [2.05, 4.69) is 16.7 Å². The van der Waals surface area contributed by atoms with Crippen LogP contribution in [0.5, 0.6) is 0 Å². The van der Waals surface area contributed by atoms with Gasteiger partial charge in [0.15, 0.2) is 0 Å². The average molecular weight is 269 g/mol. The SMILES string of the molecule is CCC(CN)N1CCN(C2CCCC(OC)C2)CC1. The highest BCUT2D eigenvalue weighted by molar-refractivity contribution is 4.86. The van der Waals surface area contributed by atoms with Gasteiger partial charge < -0.3 is 10.5 Å². The van der Waals surface area contributed by atoms with Crippen LogP contribution in [0, 0.1) is 0 Å². The summed E-state index contributed by atoms with van der Waals surface area (Å²) in [6, 6.07) is 1.33. The summed E-state index contributed by atoms with van der Waals surface area (Å²) in [6.07, 6.45) is 6.82. The van der Waals surface area contributed by atoms with Crippen LogP contribution in [0.3, 0.4) is 0 Å². The van der Waals surface area contributed by atoms with Crippen LogP contribution in [0.2, 0.25) is 0 Å². The predicted molar refractivity (Wildman–Crippen MR) is 79.3 cm³/mol. The molecule has 1 aliphatic heterocycles. The zero-order valence-electron chi connectivity index (χ0n) is 12.7. The van der Waals surface area contributed by atoms with Gasteiger partial charge in [0.25, 0.3) is 0 Å². The minimum absolute atomic E-state index is 0.490. The molecule has 4 heteroatoms. The summed E-state index contributed by atoms with van der Waals surface area (Å²) in [5.74, 6) is 0. The van der Waals surface area contributed by atoms with Crippen molar-refractivity contribution in [1.82, 2.24) is 9.80 Å². The van der Waals surface area contributed by atoms with Gasteiger partial charge >= 0.3 is 0 Å². The second-order valence-electron chi connectivity index (χ2n) is 6.05. The summed E-state index contributed by atoms with van der Waals surface area (Å²) in [4.78, 5) is 5.26. The third kappa shape index (κ3) is 3.91. The van der Waals surface area contributed by atoms with Crippen LogP contribution in [0.25, 0.3) is 0 Å². The highest BCUT2D eigenvalue weighted by atomic mass is 16.5. The summed E-state index contributed by atoms with van der Waals surface area (Å²) in [5.41, 5.74) is 5.86. The van der Waals surface area contributed by atoms with E-state index in [1.54, 1.807) is 0 Å². The zero-order valence-corrected chi connectivity index (χ0v) is 12.7. The Morgan fingerprint density at radius 1 is 1.21 bits per heavy atom. The third-order valence-corrected chi connectivity index (χ3v) is 5.06.